The van der Waals surface area contributed by atoms with Crippen LogP contribution < -0.4 is 0 Å². The van der Waals surface area contributed by atoms with Crippen LogP contribution in [0.5, 0.6) is 0 Å². The number of fused-ring (bicyclic) bond motifs is 1. The highest BCUT2D eigenvalue weighted by atomic mass is 15.0. The van der Waals surface area contributed by atoms with Crippen LogP contribution in [-0.4, -0.2) is 9.55 Å². The van der Waals surface area contributed by atoms with Gasteiger partial charge in [-0.1, -0.05) is 6.07 Å². The first-order valence-corrected chi connectivity index (χ1v) is 4.08. The van der Waals surface area contributed by atoms with Gasteiger partial charge in [0, 0.05) is 7.05 Å². The third-order valence-corrected chi connectivity index (χ3v) is 2.07. The van der Waals surface area contributed by atoms with Crippen molar-refractivity contribution in [2.24, 2.45) is 7.05 Å². The van der Waals surface area contributed by atoms with Crippen LogP contribution in [0.1, 0.15) is 5.56 Å². The van der Waals surface area contributed by atoms with Crippen molar-refractivity contribution >= 4 is 11.0 Å². The van der Waals surface area contributed by atoms with Gasteiger partial charge >= 0.3 is 0 Å². The Bertz CT molecular complexity index is 476. The van der Waals surface area contributed by atoms with Crippen molar-refractivity contribution < 1.29 is 0 Å². The zero-order valence-corrected chi connectivity index (χ0v) is 7.36. The third kappa shape index (κ3) is 1.27. The zero-order valence-electron chi connectivity index (χ0n) is 7.36. The van der Waals surface area contributed by atoms with E-state index in [-0.39, 0.29) is 0 Å². The van der Waals surface area contributed by atoms with E-state index in [4.69, 9.17) is 5.26 Å². The van der Waals surface area contributed by atoms with Gasteiger partial charge in [-0.25, -0.2) is 4.98 Å². The van der Waals surface area contributed by atoms with E-state index >= 15 is 0 Å². The number of imidazole rings is 1. The van der Waals surface area contributed by atoms with Crippen molar-refractivity contribution in [2.75, 3.05) is 0 Å². The fourth-order valence-electron chi connectivity index (χ4n) is 1.38. The molecule has 13 heavy (non-hydrogen) atoms. The van der Waals surface area contributed by atoms with Gasteiger partial charge in [-0.15, -0.1) is 0 Å². The number of aromatic nitrogens is 2. The SMILES string of the molecule is Cn1cnc2cc(CC#N)ccc21. The summed E-state index contributed by atoms with van der Waals surface area (Å²) in [6.45, 7) is 0. The summed E-state index contributed by atoms with van der Waals surface area (Å²) < 4.78 is 1.96. The Morgan fingerprint density at radius 2 is 2.38 bits per heavy atom. The van der Waals surface area contributed by atoms with Crippen LogP contribution in [0.3, 0.4) is 0 Å². The normalized spacial score (nSPS) is 10.2. The van der Waals surface area contributed by atoms with Gasteiger partial charge in [0.25, 0.3) is 0 Å². The fraction of sp³-hybridized carbons (Fsp3) is 0.200. The van der Waals surface area contributed by atoms with Crippen LogP contribution in [0, 0.1) is 11.3 Å². The largest absolute Gasteiger partial charge is 0.334 e. The lowest BCUT2D eigenvalue weighted by Gasteiger charge is -1.95. The van der Waals surface area contributed by atoms with Gasteiger partial charge in [-0.2, -0.15) is 5.26 Å². The molecule has 0 saturated carbocycles. The first-order chi connectivity index (χ1) is 6.31. The number of rotatable bonds is 1. The van der Waals surface area contributed by atoms with E-state index in [1.54, 1.807) is 6.33 Å². The molecule has 0 fully saturated rings. The van der Waals surface area contributed by atoms with E-state index in [0.29, 0.717) is 6.42 Å². The summed E-state index contributed by atoms with van der Waals surface area (Å²) in [4.78, 5) is 4.21. The third-order valence-electron chi connectivity index (χ3n) is 2.07. The molecule has 3 heteroatoms. The monoisotopic (exact) mass is 171 g/mol. The summed E-state index contributed by atoms with van der Waals surface area (Å²) in [5.74, 6) is 0. The first-order valence-electron chi connectivity index (χ1n) is 4.08. The first kappa shape index (κ1) is 7.81. The minimum atomic E-state index is 0.451. The number of nitrogens with zero attached hydrogens (tertiary/aromatic N) is 3. The van der Waals surface area contributed by atoms with Crippen LogP contribution in [0.2, 0.25) is 0 Å². The Morgan fingerprint density at radius 1 is 1.54 bits per heavy atom. The lowest BCUT2D eigenvalue weighted by atomic mass is 10.1. The summed E-state index contributed by atoms with van der Waals surface area (Å²) in [6, 6.07) is 8.04. The molecule has 64 valence electrons. The lowest BCUT2D eigenvalue weighted by molar-refractivity contribution is 0.947. The summed E-state index contributed by atoms with van der Waals surface area (Å²) in [5.41, 5.74) is 3.07. The average molecular weight is 171 g/mol. The van der Waals surface area contributed by atoms with E-state index in [0.717, 1.165) is 16.6 Å². The van der Waals surface area contributed by atoms with Crippen LogP contribution in [0.25, 0.3) is 11.0 Å². The molecule has 0 bridgehead atoms. The molecule has 0 unspecified atom stereocenters. The number of hydrogen-bond donors (Lipinski definition) is 0. The van der Waals surface area contributed by atoms with Crippen LogP contribution in [-0.2, 0) is 13.5 Å². The second-order valence-electron chi connectivity index (χ2n) is 3.01. The highest BCUT2D eigenvalue weighted by Crippen LogP contribution is 2.13. The molecule has 0 N–H and O–H groups in total. The van der Waals surface area contributed by atoms with Gasteiger partial charge in [-0.05, 0) is 17.7 Å². The molecule has 0 aliphatic rings. The lowest BCUT2D eigenvalue weighted by Crippen LogP contribution is -1.85. The minimum Gasteiger partial charge on any atom is -0.334 e. The van der Waals surface area contributed by atoms with Gasteiger partial charge < -0.3 is 4.57 Å². The van der Waals surface area contributed by atoms with E-state index in [1.807, 2.05) is 29.8 Å². The quantitative estimate of drug-likeness (QED) is 0.654. The molecule has 1 aromatic heterocycles. The average Bonchev–Trinajstić information content (AvgIpc) is 2.48. The molecular formula is C10H9N3. The Kier molecular flexibility index (Phi) is 1.75. The van der Waals surface area contributed by atoms with E-state index in [1.165, 1.54) is 0 Å². The van der Waals surface area contributed by atoms with Gasteiger partial charge in [0.05, 0.1) is 29.9 Å². The highest BCUT2D eigenvalue weighted by Gasteiger charge is 1.99. The van der Waals surface area contributed by atoms with Crippen molar-refractivity contribution in [2.45, 2.75) is 6.42 Å². The van der Waals surface area contributed by atoms with Crippen molar-refractivity contribution in [3.8, 4) is 6.07 Å². The van der Waals surface area contributed by atoms with Crippen LogP contribution in [0.15, 0.2) is 24.5 Å². The number of benzene rings is 1. The van der Waals surface area contributed by atoms with E-state index in [2.05, 4.69) is 11.1 Å². The van der Waals surface area contributed by atoms with Crippen molar-refractivity contribution in [1.82, 2.24) is 9.55 Å². The molecule has 1 heterocycles. The van der Waals surface area contributed by atoms with E-state index in [9.17, 15) is 0 Å². The molecule has 2 rings (SSSR count). The molecular weight excluding hydrogens is 162 g/mol. The van der Waals surface area contributed by atoms with E-state index < -0.39 is 0 Å². The van der Waals surface area contributed by atoms with Crippen LogP contribution in [0.4, 0.5) is 0 Å². The maximum Gasteiger partial charge on any atom is 0.0955 e. The number of nitriles is 1. The molecule has 0 aliphatic carbocycles. The van der Waals surface area contributed by atoms with Crippen molar-refractivity contribution in [1.29, 1.82) is 5.26 Å². The predicted molar refractivity (Wildman–Crippen MR) is 50.0 cm³/mol. The van der Waals surface area contributed by atoms with Gasteiger partial charge in [0.2, 0.25) is 0 Å². The smallest absolute Gasteiger partial charge is 0.0955 e. The molecule has 2 aromatic rings. The summed E-state index contributed by atoms with van der Waals surface area (Å²) in [6.07, 6.45) is 2.23. The summed E-state index contributed by atoms with van der Waals surface area (Å²) in [5, 5.41) is 8.52. The Labute approximate surface area is 76.2 Å². The molecule has 3 nitrogen and oxygen atoms in total. The number of hydrogen-bond acceptors (Lipinski definition) is 2. The van der Waals surface area contributed by atoms with Gasteiger partial charge in [0.1, 0.15) is 0 Å². The van der Waals surface area contributed by atoms with Crippen LogP contribution >= 0.6 is 0 Å². The van der Waals surface area contributed by atoms with Crippen molar-refractivity contribution in [3.05, 3.63) is 30.1 Å². The highest BCUT2D eigenvalue weighted by molar-refractivity contribution is 5.76. The standard InChI is InChI=1S/C10H9N3/c1-13-7-12-9-6-8(4-5-11)2-3-10(9)13/h2-3,6-7H,4H2,1H3. The molecule has 0 amide bonds. The molecule has 0 saturated heterocycles. The molecule has 1 aromatic carbocycles. The maximum absolute atomic E-state index is 8.52. The Morgan fingerprint density at radius 3 is 3.15 bits per heavy atom. The Balaban J connectivity index is 2.58. The predicted octanol–water partition coefficient (Wildman–Crippen LogP) is 1.64. The van der Waals surface area contributed by atoms with Gasteiger partial charge in [0.15, 0.2) is 0 Å². The summed E-state index contributed by atoms with van der Waals surface area (Å²) >= 11 is 0. The van der Waals surface area contributed by atoms with Crippen molar-refractivity contribution in [3.63, 3.8) is 0 Å². The molecule has 0 radical (unpaired) electrons. The minimum absolute atomic E-state index is 0.451. The molecule has 0 spiro atoms. The maximum atomic E-state index is 8.52. The topological polar surface area (TPSA) is 41.6 Å². The fourth-order valence-corrected chi connectivity index (χ4v) is 1.38. The second kappa shape index (κ2) is 2.91. The van der Waals surface area contributed by atoms with Gasteiger partial charge in [-0.3, -0.25) is 0 Å². The number of aryl methyl sites for hydroxylation is 1. The zero-order chi connectivity index (χ0) is 9.26. The summed E-state index contributed by atoms with van der Waals surface area (Å²) in [7, 11) is 1.96. The molecule has 0 aliphatic heterocycles. The Hall–Kier alpha value is -1.82. The molecule has 0 atom stereocenters. The second-order valence-corrected chi connectivity index (χ2v) is 3.01.